The van der Waals surface area contributed by atoms with Gasteiger partial charge in [-0.05, 0) is 49.2 Å². The van der Waals surface area contributed by atoms with Gasteiger partial charge in [0.1, 0.15) is 5.69 Å². The Bertz CT molecular complexity index is 1360. The molecule has 1 aromatic carbocycles. The Kier molecular flexibility index (Phi) is 5.26. The molecule has 34 heavy (non-hydrogen) atoms. The van der Waals surface area contributed by atoms with Gasteiger partial charge >= 0.3 is 6.18 Å². The lowest BCUT2D eigenvalue weighted by atomic mass is 10.1. The van der Waals surface area contributed by atoms with E-state index in [1.807, 2.05) is 19.9 Å². The molecule has 4 heterocycles. The van der Waals surface area contributed by atoms with E-state index in [9.17, 15) is 18.0 Å². The maximum Gasteiger partial charge on any atom is 0.433 e. The van der Waals surface area contributed by atoms with Crippen molar-refractivity contribution in [3.05, 3.63) is 65.3 Å². The third-order valence-electron chi connectivity index (χ3n) is 5.84. The number of rotatable bonds is 3. The van der Waals surface area contributed by atoms with Crippen molar-refractivity contribution >= 4 is 17.4 Å². The Labute approximate surface area is 192 Å². The van der Waals surface area contributed by atoms with E-state index in [4.69, 9.17) is 4.42 Å². The van der Waals surface area contributed by atoms with E-state index < -0.39 is 17.8 Å². The predicted molar refractivity (Wildman–Crippen MR) is 118 cm³/mol. The van der Waals surface area contributed by atoms with Gasteiger partial charge in [-0.25, -0.2) is 4.98 Å². The number of piperazine rings is 1. The van der Waals surface area contributed by atoms with Crippen LogP contribution in [0.25, 0.3) is 17.2 Å². The molecule has 8 nitrogen and oxygen atoms in total. The number of nitrogens with zero attached hydrogens (tertiary/aromatic N) is 6. The molecule has 1 fully saturated rings. The standard InChI is InChI=1S/C23H21F3N6O2/c1-14-5-6-15(2)17(12-14)30-7-9-31(10-8-30)21(33)20-28-22-27-16(18-4-3-11-34-18)13-19(23(24,25)26)32(22)29-20/h3-6,11-13H,7-10H2,1-2H3. The zero-order chi connectivity index (χ0) is 24.0. The van der Waals surface area contributed by atoms with Crippen molar-refractivity contribution in [2.45, 2.75) is 20.0 Å². The quantitative estimate of drug-likeness (QED) is 0.451. The molecule has 1 saturated heterocycles. The molecule has 1 aliphatic rings. The molecule has 0 N–H and O–H groups in total. The van der Waals surface area contributed by atoms with Gasteiger partial charge < -0.3 is 14.2 Å². The van der Waals surface area contributed by atoms with Crippen LogP contribution < -0.4 is 4.90 Å². The molecule has 11 heteroatoms. The molecule has 176 valence electrons. The molecule has 3 aromatic heterocycles. The highest BCUT2D eigenvalue weighted by Crippen LogP contribution is 2.32. The highest BCUT2D eigenvalue weighted by molar-refractivity contribution is 5.91. The molecule has 1 amide bonds. The number of aryl methyl sites for hydroxylation is 2. The summed E-state index contributed by atoms with van der Waals surface area (Å²) in [4.78, 5) is 25.0. The number of carbonyl (C=O) groups is 1. The van der Waals surface area contributed by atoms with Gasteiger partial charge in [0.2, 0.25) is 5.82 Å². The number of hydrogen-bond acceptors (Lipinski definition) is 6. The molecule has 0 radical (unpaired) electrons. The summed E-state index contributed by atoms with van der Waals surface area (Å²) in [6.07, 6.45) is -3.39. The lowest BCUT2D eigenvalue weighted by molar-refractivity contribution is -0.142. The second kappa shape index (κ2) is 8.15. The molecule has 0 atom stereocenters. The average molecular weight is 470 g/mol. The van der Waals surface area contributed by atoms with Gasteiger partial charge in [0, 0.05) is 31.9 Å². The molecule has 1 aliphatic heterocycles. The van der Waals surface area contributed by atoms with Gasteiger partial charge in [0.05, 0.1) is 6.26 Å². The smallest absolute Gasteiger partial charge is 0.433 e. The monoisotopic (exact) mass is 470 g/mol. The minimum atomic E-state index is -4.73. The zero-order valence-electron chi connectivity index (χ0n) is 18.5. The van der Waals surface area contributed by atoms with Crippen LogP contribution in [0.3, 0.4) is 0 Å². The van der Waals surface area contributed by atoms with Crippen LogP contribution in [0.1, 0.15) is 27.4 Å². The fourth-order valence-electron chi connectivity index (χ4n) is 4.06. The lowest BCUT2D eigenvalue weighted by Gasteiger charge is -2.36. The number of halogens is 3. The topological polar surface area (TPSA) is 79.8 Å². The number of furan rings is 1. The molecule has 0 bridgehead atoms. The minimum absolute atomic E-state index is 0.0432. The normalized spacial score (nSPS) is 14.7. The number of carbonyl (C=O) groups excluding carboxylic acids is 1. The SMILES string of the molecule is Cc1ccc(C)c(N2CCN(C(=O)c3nc4nc(-c5ccco5)cc(C(F)(F)F)n4n3)CC2)c1. The number of anilines is 1. The van der Waals surface area contributed by atoms with Crippen LogP contribution in [-0.4, -0.2) is 56.6 Å². The number of amides is 1. The van der Waals surface area contributed by atoms with E-state index in [0.29, 0.717) is 30.7 Å². The molecule has 0 unspecified atom stereocenters. The van der Waals surface area contributed by atoms with Crippen LogP contribution in [0.4, 0.5) is 18.9 Å². The van der Waals surface area contributed by atoms with E-state index in [1.54, 1.807) is 11.0 Å². The fourth-order valence-corrected chi connectivity index (χ4v) is 4.06. The van der Waals surface area contributed by atoms with Gasteiger partial charge in [0.15, 0.2) is 11.5 Å². The predicted octanol–water partition coefficient (Wildman–Crippen LogP) is 3.98. The summed E-state index contributed by atoms with van der Waals surface area (Å²) in [6, 6.07) is 10.1. The maximum absolute atomic E-state index is 13.7. The lowest BCUT2D eigenvalue weighted by Crippen LogP contribution is -2.49. The van der Waals surface area contributed by atoms with E-state index in [-0.39, 0.29) is 23.1 Å². The second-order valence-electron chi connectivity index (χ2n) is 8.22. The number of hydrogen-bond donors (Lipinski definition) is 0. The Balaban J connectivity index is 1.41. The van der Waals surface area contributed by atoms with Crippen LogP contribution in [-0.2, 0) is 6.18 Å². The van der Waals surface area contributed by atoms with Crippen molar-refractivity contribution in [2.75, 3.05) is 31.1 Å². The number of aromatic nitrogens is 4. The van der Waals surface area contributed by atoms with Gasteiger partial charge in [-0.15, -0.1) is 5.10 Å². The Hall–Kier alpha value is -3.89. The molecular formula is C23H21F3N6O2. The molecule has 4 aromatic rings. The molecule has 0 saturated carbocycles. The third-order valence-corrected chi connectivity index (χ3v) is 5.84. The summed E-state index contributed by atoms with van der Waals surface area (Å²) in [5, 5.41) is 3.87. The molecule has 5 rings (SSSR count). The second-order valence-corrected chi connectivity index (χ2v) is 8.22. The van der Waals surface area contributed by atoms with Gasteiger partial charge in [-0.3, -0.25) is 4.79 Å². The number of fused-ring (bicyclic) bond motifs is 1. The summed E-state index contributed by atoms with van der Waals surface area (Å²) < 4.78 is 46.9. The van der Waals surface area contributed by atoms with E-state index >= 15 is 0 Å². The Morgan fingerprint density at radius 3 is 2.47 bits per heavy atom. The first-order valence-corrected chi connectivity index (χ1v) is 10.7. The molecular weight excluding hydrogens is 449 g/mol. The summed E-state index contributed by atoms with van der Waals surface area (Å²) in [5.74, 6) is -1.02. The van der Waals surface area contributed by atoms with Crippen LogP contribution in [0.15, 0.2) is 47.1 Å². The maximum atomic E-state index is 13.7. The zero-order valence-corrected chi connectivity index (χ0v) is 18.5. The van der Waals surface area contributed by atoms with Crippen molar-refractivity contribution in [1.29, 1.82) is 0 Å². The van der Waals surface area contributed by atoms with Crippen LogP contribution in [0.2, 0.25) is 0 Å². The van der Waals surface area contributed by atoms with Crippen molar-refractivity contribution in [3.8, 4) is 11.5 Å². The van der Waals surface area contributed by atoms with Gasteiger partial charge in [0.25, 0.3) is 11.7 Å². The highest BCUT2D eigenvalue weighted by Gasteiger charge is 2.37. The Morgan fingerprint density at radius 1 is 1.03 bits per heavy atom. The van der Waals surface area contributed by atoms with Crippen molar-refractivity contribution in [2.24, 2.45) is 0 Å². The summed E-state index contributed by atoms with van der Waals surface area (Å²) in [7, 11) is 0. The first-order valence-electron chi connectivity index (χ1n) is 10.7. The largest absolute Gasteiger partial charge is 0.463 e. The van der Waals surface area contributed by atoms with Crippen LogP contribution in [0.5, 0.6) is 0 Å². The highest BCUT2D eigenvalue weighted by atomic mass is 19.4. The number of alkyl halides is 3. The average Bonchev–Trinajstić information content (AvgIpc) is 3.49. The number of benzene rings is 1. The van der Waals surface area contributed by atoms with E-state index in [0.717, 1.165) is 22.9 Å². The van der Waals surface area contributed by atoms with Crippen molar-refractivity contribution < 1.29 is 22.4 Å². The summed E-state index contributed by atoms with van der Waals surface area (Å²) in [5.41, 5.74) is 2.27. The molecule has 0 spiro atoms. The van der Waals surface area contributed by atoms with Crippen LogP contribution in [0, 0.1) is 13.8 Å². The van der Waals surface area contributed by atoms with Gasteiger partial charge in [-0.1, -0.05) is 12.1 Å². The fraction of sp³-hybridized carbons (Fsp3) is 0.304. The van der Waals surface area contributed by atoms with Crippen molar-refractivity contribution in [1.82, 2.24) is 24.5 Å². The summed E-state index contributed by atoms with van der Waals surface area (Å²) in [6.45, 7) is 6.06. The van der Waals surface area contributed by atoms with E-state index in [2.05, 4.69) is 32.1 Å². The summed E-state index contributed by atoms with van der Waals surface area (Å²) >= 11 is 0. The first-order chi connectivity index (χ1) is 16.2. The van der Waals surface area contributed by atoms with E-state index in [1.165, 1.54) is 12.3 Å². The van der Waals surface area contributed by atoms with Crippen molar-refractivity contribution in [3.63, 3.8) is 0 Å². The Morgan fingerprint density at radius 2 is 1.79 bits per heavy atom. The molecule has 0 aliphatic carbocycles. The first kappa shape index (κ1) is 21.9. The third kappa shape index (κ3) is 3.97. The van der Waals surface area contributed by atoms with Gasteiger partial charge in [-0.2, -0.15) is 22.7 Å². The van der Waals surface area contributed by atoms with Crippen LogP contribution >= 0.6 is 0 Å². The minimum Gasteiger partial charge on any atom is -0.463 e.